The van der Waals surface area contributed by atoms with Crippen LogP contribution in [0.2, 0.25) is 0 Å². The molecule has 6 aromatic carbocycles. The maximum atomic E-state index is 12.8. The second-order valence-electron chi connectivity index (χ2n) is 19.3. The predicted molar refractivity (Wildman–Crippen MR) is 263 cm³/mol. The van der Waals surface area contributed by atoms with Crippen molar-refractivity contribution in [3.63, 3.8) is 0 Å². The second kappa shape index (κ2) is 15.6. The summed E-state index contributed by atoms with van der Waals surface area (Å²) in [7, 11) is 0. The van der Waals surface area contributed by atoms with Gasteiger partial charge in [-0.15, -0.1) is 0 Å². The lowest BCUT2D eigenvalue weighted by molar-refractivity contribution is 0.446. The van der Waals surface area contributed by atoms with Crippen molar-refractivity contribution in [2.45, 2.75) is 105 Å². The lowest BCUT2D eigenvalue weighted by Crippen LogP contribution is -2.18. The van der Waals surface area contributed by atoms with Crippen LogP contribution in [0.3, 0.4) is 0 Å². The average Bonchev–Trinajstić information content (AvgIpc) is 3.75. The van der Waals surface area contributed by atoms with Crippen LogP contribution >= 0.6 is 0 Å². The van der Waals surface area contributed by atoms with E-state index in [1.54, 1.807) is 12.1 Å². The van der Waals surface area contributed by atoms with Gasteiger partial charge in [-0.2, -0.15) is 0 Å². The van der Waals surface area contributed by atoms with Gasteiger partial charge in [0, 0.05) is 31.1 Å². The molecular formula is C58H61N3O. The number of rotatable bonds is 6. The quantitative estimate of drug-likeness (QED) is 0.182. The van der Waals surface area contributed by atoms with Crippen LogP contribution in [0.15, 0.2) is 146 Å². The molecular weight excluding hydrogens is 755 g/mol. The molecule has 0 saturated heterocycles. The first-order valence-electron chi connectivity index (χ1n) is 27.8. The van der Waals surface area contributed by atoms with E-state index in [0.29, 0.717) is 39.0 Å². The van der Waals surface area contributed by atoms with Crippen molar-refractivity contribution in [1.29, 1.82) is 0 Å². The van der Waals surface area contributed by atoms with Gasteiger partial charge in [-0.05, 0) is 115 Å². The summed E-state index contributed by atoms with van der Waals surface area (Å²) in [6, 6.07) is 26.3. The van der Waals surface area contributed by atoms with Gasteiger partial charge in [0.2, 0.25) is 0 Å². The fourth-order valence-corrected chi connectivity index (χ4v) is 7.82. The van der Waals surface area contributed by atoms with E-state index in [9.17, 15) is 6.48 Å². The zero-order chi connectivity index (χ0) is 56.3. The first-order chi connectivity index (χ1) is 35.0. The Kier molecular flexibility index (Phi) is 7.13. The van der Waals surface area contributed by atoms with E-state index in [2.05, 4.69) is 31.8 Å². The van der Waals surface area contributed by atoms with Gasteiger partial charge in [-0.25, -0.2) is 4.98 Å². The van der Waals surface area contributed by atoms with Gasteiger partial charge in [0.05, 0.1) is 38.9 Å². The number of aromatic hydroxyl groups is 1. The molecule has 2 heterocycles. The lowest BCUT2D eigenvalue weighted by Gasteiger charge is -2.28. The number of pyridine rings is 1. The molecule has 0 aliphatic carbocycles. The lowest BCUT2D eigenvalue weighted by atomic mass is 9.78. The zero-order valence-electron chi connectivity index (χ0n) is 51.0. The largest absolute Gasteiger partial charge is 0.507 e. The van der Waals surface area contributed by atoms with E-state index in [-0.39, 0.29) is 33.8 Å². The van der Waals surface area contributed by atoms with Crippen molar-refractivity contribution in [3.05, 3.63) is 168 Å². The van der Waals surface area contributed by atoms with E-state index >= 15 is 0 Å². The average molecular weight is 830 g/mol. The Morgan fingerprint density at radius 2 is 1.24 bits per heavy atom. The van der Waals surface area contributed by atoms with Crippen molar-refractivity contribution in [2.75, 3.05) is 0 Å². The van der Waals surface area contributed by atoms with Gasteiger partial charge in [-0.1, -0.05) is 174 Å². The first-order valence-corrected chi connectivity index (χ1v) is 20.8. The standard InChI is InChI=1S/C58H61N3O/c1-55(2,3)43-31-41(30-42(32-43)49-34-40(28-29-59-49)38-22-17-14-18-23-38)45-24-19-25-51-52(45)60-54(46-35-44(56(4,5)6)36-48(53(46)62)58(10,11)12)61(51)50-27-26-39(33-47(50)57(7,8)9)37-20-15-13-16-21-37/h13-36,62H,1-12H3/i10D3,11D3,14D,17D,18D,22D,23D,28D,29D,34D. The maximum Gasteiger partial charge on any atom is 0.149 e. The Morgan fingerprint density at radius 1 is 0.548 bits per heavy atom. The molecule has 0 fully saturated rings. The van der Waals surface area contributed by atoms with Gasteiger partial charge < -0.3 is 5.11 Å². The molecule has 4 heteroatoms. The minimum absolute atomic E-state index is 0.0649. The number of imidazole rings is 1. The molecule has 0 aliphatic rings. The fourth-order valence-electron chi connectivity index (χ4n) is 7.82. The van der Waals surface area contributed by atoms with E-state index < -0.39 is 89.6 Å². The number of fused-ring (bicyclic) bond motifs is 1. The molecule has 0 unspecified atom stereocenters. The third-order valence-corrected chi connectivity index (χ3v) is 11.3. The number of phenolic OH excluding ortho intramolecular Hbond substituents is 1. The van der Waals surface area contributed by atoms with Gasteiger partial charge in [0.25, 0.3) is 0 Å². The molecule has 0 atom stereocenters. The van der Waals surface area contributed by atoms with Crippen LogP contribution in [-0.2, 0) is 21.7 Å². The van der Waals surface area contributed by atoms with Crippen LogP contribution in [0.1, 0.15) is 124 Å². The Bertz CT molecular complexity index is 3590. The Labute approximate surface area is 389 Å². The molecule has 2 aromatic heterocycles. The molecule has 4 nitrogen and oxygen atoms in total. The van der Waals surface area contributed by atoms with Gasteiger partial charge in [-0.3, -0.25) is 9.55 Å². The van der Waals surface area contributed by atoms with Gasteiger partial charge >= 0.3 is 0 Å². The minimum atomic E-state index is -3.11. The summed E-state index contributed by atoms with van der Waals surface area (Å²) in [5.41, 5.74) is 2.08. The van der Waals surface area contributed by atoms with Gasteiger partial charge in [0.1, 0.15) is 11.6 Å². The number of hydrogen-bond acceptors (Lipinski definition) is 3. The van der Waals surface area contributed by atoms with Crippen LogP contribution < -0.4 is 0 Å². The number of hydrogen-bond donors (Lipinski definition) is 1. The normalized spacial score (nSPS) is 16.2. The fraction of sp³-hybridized carbons (Fsp3) is 0.276. The topological polar surface area (TPSA) is 50.9 Å². The van der Waals surface area contributed by atoms with Crippen LogP contribution in [0.5, 0.6) is 5.75 Å². The molecule has 314 valence electrons. The van der Waals surface area contributed by atoms with Crippen molar-refractivity contribution < 1.29 is 24.3 Å². The highest BCUT2D eigenvalue weighted by molar-refractivity contribution is 5.97. The second-order valence-corrected chi connectivity index (χ2v) is 19.3. The SMILES string of the molecule is [2H]c1nc(-c2cc(-c3cccc4c3nc(-c3cc(C(C)(C)C)cc(C(C)(C([2H])([2H])[2H])C([2H])([2H])[2H])c3O)n4-c3ccc(-c4ccccc4)cc3C(C)(C)C)cc(C(C)(C)C)c2)c([2H])c(-c2c([2H])c([2H])c([2H])c([2H])c2[2H])c1[2H]. The summed E-state index contributed by atoms with van der Waals surface area (Å²) in [5.74, 6) is -0.358. The summed E-state index contributed by atoms with van der Waals surface area (Å²) in [5, 5.41) is 12.8. The highest BCUT2D eigenvalue weighted by Gasteiger charge is 2.30. The molecule has 0 radical (unpaired) electrons. The van der Waals surface area contributed by atoms with Crippen LogP contribution in [0, 0.1) is 0 Å². The third kappa shape index (κ3) is 8.23. The monoisotopic (exact) mass is 830 g/mol. The summed E-state index contributed by atoms with van der Waals surface area (Å²) in [4.78, 5) is 9.87. The maximum absolute atomic E-state index is 12.8. The molecule has 0 saturated carbocycles. The number of para-hydroxylation sites is 1. The number of aromatic nitrogens is 3. The number of benzene rings is 6. The van der Waals surface area contributed by atoms with E-state index in [0.717, 1.165) is 29.2 Å². The summed E-state index contributed by atoms with van der Waals surface area (Å²) in [6.07, 6.45) is -0.571. The smallest absolute Gasteiger partial charge is 0.149 e. The highest BCUT2D eigenvalue weighted by atomic mass is 16.3. The van der Waals surface area contributed by atoms with Crippen LogP contribution in [0.4, 0.5) is 0 Å². The van der Waals surface area contributed by atoms with Crippen molar-refractivity contribution in [3.8, 4) is 67.5 Å². The molecule has 0 spiro atoms. The van der Waals surface area contributed by atoms with Gasteiger partial charge in [0.15, 0.2) is 0 Å². The molecule has 0 aliphatic heterocycles. The predicted octanol–water partition coefficient (Wildman–Crippen LogP) is 15.7. The van der Waals surface area contributed by atoms with Crippen molar-refractivity contribution in [2.24, 2.45) is 0 Å². The van der Waals surface area contributed by atoms with Crippen molar-refractivity contribution >= 4 is 11.0 Å². The number of phenols is 1. The third-order valence-electron chi connectivity index (χ3n) is 11.3. The van der Waals surface area contributed by atoms with E-state index in [4.69, 9.17) is 22.8 Å². The molecule has 8 rings (SSSR count). The summed E-state index contributed by atoms with van der Waals surface area (Å²) >= 11 is 0. The minimum Gasteiger partial charge on any atom is -0.507 e. The Balaban J connectivity index is 1.52. The Hall–Kier alpha value is -6.26. The van der Waals surface area contributed by atoms with E-state index in [1.807, 2.05) is 119 Å². The number of nitrogens with zero attached hydrogens (tertiary/aromatic N) is 3. The molecule has 62 heavy (non-hydrogen) atoms. The zero-order valence-corrected chi connectivity index (χ0v) is 37.0. The molecule has 1 N–H and O–H groups in total. The molecule has 8 aromatic rings. The summed E-state index contributed by atoms with van der Waals surface area (Å²) < 4.78 is 124. The van der Waals surface area contributed by atoms with Crippen molar-refractivity contribution in [1.82, 2.24) is 14.5 Å². The molecule has 0 amide bonds. The Morgan fingerprint density at radius 3 is 1.92 bits per heavy atom. The molecule has 0 bridgehead atoms. The van der Waals surface area contributed by atoms with Crippen LogP contribution in [-0.4, -0.2) is 19.6 Å². The summed E-state index contributed by atoms with van der Waals surface area (Å²) in [6.45, 7) is 13.0. The van der Waals surface area contributed by atoms with Crippen LogP contribution in [0.25, 0.3) is 72.7 Å². The van der Waals surface area contributed by atoms with E-state index in [1.165, 1.54) is 6.07 Å². The highest BCUT2D eigenvalue weighted by Crippen LogP contribution is 2.46. The first kappa shape index (κ1) is 28.4.